The average molecular weight is 413 g/mol. The lowest BCUT2D eigenvalue weighted by Crippen LogP contribution is -2.30. The van der Waals surface area contributed by atoms with Gasteiger partial charge < -0.3 is 14.2 Å². The summed E-state index contributed by atoms with van der Waals surface area (Å²) < 4.78 is 44.3. The molecule has 0 aromatic heterocycles. The van der Waals surface area contributed by atoms with Crippen molar-refractivity contribution < 1.29 is 22.6 Å². The number of nitrogens with zero attached hydrogens (tertiary/aromatic N) is 1. The van der Waals surface area contributed by atoms with E-state index in [1.807, 2.05) is 24.3 Å². The summed E-state index contributed by atoms with van der Waals surface area (Å²) in [6.45, 7) is 0.116. The highest BCUT2D eigenvalue weighted by Crippen LogP contribution is 2.33. The van der Waals surface area contributed by atoms with Crippen LogP contribution in [0.5, 0.6) is 17.2 Å². The average Bonchev–Trinajstić information content (AvgIpc) is 2.77. The minimum atomic E-state index is -3.84. The Morgan fingerprint density at radius 2 is 1.34 bits per heavy atom. The van der Waals surface area contributed by atoms with Gasteiger partial charge in [0.1, 0.15) is 17.2 Å². The fourth-order valence-electron chi connectivity index (χ4n) is 2.91. The van der Waals surface area contributed by atoms with Crippen molar-refractivity contribution >= 4 is 15.7 Å². The number of ether oxygens (including phenoxy) is 3. The Bertz CT molecular complexity index is 1050. The van der Waals surface area contributed by atoms with E-state index in [1.165, 1.54) is 18.5 Å². The molecular weight excluding hydrogens is 390 g/mol. The second kappa shape index (κ2) is 8.87. The number of sulfonamides is 1. The molecule has 0 saturated heterocycles. The van der Waals surface area contributed by atoms with E-state index < -0.39 is 10.0 Å². The number of rotatable bonds is 8. The van der Waals surface area contributed by atoms with Crippen molar-refractivity contribution in [1.29, 1.82) is 0 Å². The predicted molar refractivity (Wildman–Crippen MR) is 112 cm³/mol. The standard InChI is InChI=1S/C22H23NO5S/c1-26-19-9-7-8-17(12-19)16-23(29(24,25)22-10-5-4-6-11-22)18-13-20(27-2)15-21(14-18)28-3/h4-15H,16H2,1-3H3. The Morgan fingerprint density at radius 1 is 0.724 bits per heavy atom. The van der Waals surface area contributed by atoms with E-state index in [1.54, 1.807) is 55.6 Å². The topological polar surface area (TPSA) is 65.1 Å². The Kier molecular flexibility index (Phi) is 6.29. The van der Waals surface area contributed by atoms with Crippen molar-refractivity contribution in [3.05, 3.63) is 78.4 Å². The lowest BCUT2D eigenvalue weighted by molar-refractivity contribution is 0.394. The smallest absolute Gasteiger partial charge is 0.264 e. The molecule has 0 atom stereocenters. The summed E-state index contributed by atoms with van der Waals surface area (Å²) in [7, 11) is 0.782. The molecule has 0 aliphatic heterocycles. The van der Waals surface area contributed by atoms with Gasteiger partial charge in [-0.3, -0.25) is 4.31 Å². The Hall–Kier alpha value is -3.19. The first-order valence-corrected chi connectivity index (χ1v) is 10.4. The fourth-order valence-corrected chi connectivity index (χ4v) is 4.37. The van der Waals surface area contributed by atoms with Crippen LogP contribution in [0.4, 0.5) is 5.69 Å². The SMILES string of the molecule is COc1cccc(CN(c2cc(OC)cc(OC)c2)S(=O)(=O)c2ccccc2)c1. The second-order valence-electron chi connectivity index (χ2n) is 6.25. The zero-order valence-electron chi connectivity index (χ0n) is 16.5. The molecule has 0 aliphatic rings. The molecule has 152 valence electrons. The molecule has 0 radical (unpaired) electrons. The van der Waals surface area contributed by atoms with Gasteiger partial charge in [0.05, 0.1) is 38.5 Å². The molecule has 3 rings (SSSR count). The van der Waals surface area contributed by atoms with Crippen molar-refractivity contribution in [2.24, 2.45) is 0 Å². The lowest BCUT2D eigenvalue weighted by atomic mass is 10.2. The molecule has 0 aliphatic carbocycles. The van der Waals surface area contributed by atoms with Crippen LogP contribution in [0.1, 0.15) is 5.56 Å². The van der Waals surface area contributed by atoms with Crippen LogP contribution in [0.2, 0.25) is 0 Å². The molecule has 6 nitrogen and oxygen atoms in total. The number of benzene rings is 3. The highest BCUT2D eigenvalue weighted by Gasteiger charge is 2.26. The maximum atomic E-state index is 13.5. The Morgan fingerprint density at radius 3 is 1.93 bits per heavy atom. The molecule has 0 amide bonds. The predicted octanol–water partition coefficient (Wildman–Crippen LogP) is 4.11. The Balaban J connectivity index is 2.14. The molecule has 0 bridgehead atoms. The van der Waals surface area contributed by atoms with E-state index in [0.717, 1.165) is 5.56 Å². The van der Waals surface area contributed by atoms with Gasteiger partial charge in [0.25, 0.3) is 10.0 Å². The summed E-state index contributed by atoms with van der Waals surface area (Å²) in [6.07, 6.45) is 0. The van der Waals surface area contributed by atoms with E-state index in [4.69, 9.17) is 14.2 Å². The van der Waals surface area contributed by atoms with Gasteiger partial charge in [-0.15, -0.1) is 0 Å². The third-order valence-electron chi connectivity index (χ3n) is 4.42. The van der Waals surface area contributed by atoms with Crippen LogP contribution in [-0.2, 0) is 16.6 Å². The van der Waals surface area contributed by atoms with Crippen molar-refractivity contribution in [2.45, 2.75) is 11.4 Å². The van der Waals surface area contributed by atoms with Gasteiger partial charge in [-0.05, 0) is 29.8 Å². The lowest BCUT2D eigenvalue weighted by Gasteiger charge is -2.25. The summed E-state index contributed by atoms with van der Waals surface area (Å²) in [5.41, 5.74) is 1.22. The molecule has 0 spiro atoms. The van der Waals surface area contributed by atoms with Gasteiger partial charge in [-0.25, -0.2) is 8.42 Å². The second-order valence-corrected chi connectivity index (χ2v) is 8.11. The van der Waals surface area contributed by atoms with Crippen LogP contribution in [0.15, 0.2) is 77.7 Å². The van der Waals surface area contributed by atoms with Crippen molar-refractivity contribution in [2.75, 3.05) is 25.6 Å². The summed E-state index contributed by atoms with van der Waals surface area (Å²) in [5, 5.41) is 0. The maximum Gasteiger partial charge on any atom is 0.264 e. The maximum absolute atomic E-state index is 13.5. The summed E-state index contributed by atoms with van der Waals surface area (Å²) >= 11 is 0. The normalized spacial score (nSPS) is 11.0. The first kappa shape index (κ1) is 20.5. The van der Waals surface area contributed by atoms with E-state index >= 15 is 0 Å². The van der Waals surface area contributed by atoms with E-state index in [-0.39, 0.29) is 11.4 Å². The molecule has 3 aromatic carbocycles. The molecule has 0 fully saturated rings. The number of hydrogen-bond acceptors (Lipinski definition) is 5. The van der Waals surface area contributed by atoms with Crippen LogP contribution in [0.3, 0.4) is 0 Å². The molecule has 29 heavy (non-hydrogen) atoms. The molecule has 3 aromatic rings. The van der Waals surface area contributed by atoms with Gasteiger partial charge >= 0.3 is 0 Å². The molecule has 0 unspecified atom stereocenters. The van der Waals surface area contributed by atoms with Crippen molar-refractivity contribution in [3.8, 4) is 17.2 Å². The van der Waals surface area contributed by atoms with Gasteiger partial charge in [-0.2, -0.15) is 0 Å². The molecule has 7 heteroatoms. The molecule has 0 N–H and O–H groups in total. The minimum Gasteiger partial charge on any atom is -0.497 e. The quantitative estimate of drug-likeness (QED) is 0.556. The van der Waals surface area contributed by atoms with Crippen LogP contribution >= 0.6 is 0 Å². The van der Waals surface area contributed by atoms with Gasteiger partial charge in [0.15, 0.2) is 0 Å². The van der Waals surface area contributed by atoms with E-state index in [0.29, 0.717) is 22.9 Å². The van der Waals surface area contributed by atoms with Gasteiger partial charge in [0.2, 0.25) is 0 Å². The van der Waals surface area contributed by atoms with Crippen LogP contribution in [0.25, 0.3) is 0 Å². The highest BCUT2D eigenvalue weighted by molar-refractivity contribution is 7.92. The van der Waals surface area contributed by atoms with Crippen LogP contribution in [-0.4, -0.2) is 29.7 Å². The van der Waals surface area contributed by atoms with E-state index in [2.05, 4.69) is 0 Å². The highest BCUT2D eigenvalue weighted by atomic mass is 32.2. The van der Waals surface area contributed by atoms with E-state index in [9.17, 15) is 8.42 Å². The van der Waals surface area contributed by atoms with Gasteiger partial charge in [0, 0.05) is 18.2 Å². The molecule has 0 saturated carbocycles. The fraction of sp³-hybridized carbons (Fsp3) is 0.182. The third-order valence-corrected chi connectivity index (χ3v) is 6.20. The minimum absolute atomic E-state index is 0.116. The number of anilines is 1. The Labute approximate surface area is 171 Å². The zero-order chi connectivity index (χ0) is 20.9. The number of methoxy groups -OCH3 is 3. The molecule has 0 heterocycles. The summed E-state index contributed by atoms with van der Waals surface area (Å²) in [4.78, 5) is 0.199. The van der Waals surface area contributed by atoms with Gasteiger partial charge in [-0.1, -0.05) is 30.3 Å². The van der Waals surface area contributed by atoms with Crippen molar-refractivity contribution in [3.63, 3.8) is 0 Å². The summed E-state index contributed by atoms with van der Waals surface area (Å²) in [6, 6.07) is 20.7. The largest absolute Gasteiger partial charge is 0.497 e. The first-order chi connectivity index (χ1) is 14.0. The van der Waals surface area contributed by atoms with Crippen LogP contribution < -0.4 is 18.5 Å². The zero-order valence-corrected chi connectivity index (χ0v) is 17.3. The summed E-state index contributed by atoms with van der Waals surface area (Å²) in [5.74, 6) is 1.65. The number of hydrogen-bond donors (Lipinski definition) is 0. The third kappa shape index (κ3) is 4.63. The van der Waals surface area contributed by atoms with Crippen molar-refractivity contribution in [1.82, 2.24) is 0 Å². The van der Waals surface area contributed by atoms with Crippen LogP contribution in [0, 0.1) is 0 Å². The molecular formula is C22H23NO5S. The monoisotopic (exact) mass is 413 g/mol. The first-order valence-electron chi connectivity index (χ1n) is 8.91.